The van der Waals surface area contributed by atoms with Crippen LogP contribution >= 0.6 is 27.3 Å². The summed E-state index contributed by atoms with van der Waals surface area (Å²) in [5, 5.41) is 11.6. The van der Waals surface area contributed by atoms with Crippen LogP contribution in [-0.4, -0.2) is 34.9 Å². The molecule has 1 amide bonds. The number of hydrogen-bond donors (Lipinski definition) is 1. The first-order chi connectivity index (χ1) is 19.7. The SMILES string of the molecule is COC(=O)c1sc(N2C(=O)C(=O)C(=C(O)c3ccc(OCc4cccc(C)c4)cc3)[C@H]2c2ccc(Br)cc2)nc1C. The van der Waals surface area contributed by atoms with Crippen LogP contribution in [0.4, 0.5) is 5.13 Å². The monoisotopic (exact) mass is 632 g/mol. The number of aliphatic hydroxyl groups excluding tert-OH is 1. The Balaban J connectivity index is 1.52. The number of anilines is 1. The van der Waals surface area contributed by atoms with E-state index < -0.39 is 23.7 Å². The summed E-state index contributed by atoms with van der Waals surface area (Å²) in [6.07, 6.45) is 0. The number of hydrogen-bond acceptors (Lipinski definition) is 8. The van der Waals surface area contributed by atoms with Crippen LogP contribution in [0.15, 0.2) is 82.8 Å². The normalized spacial score (nSPS) is 16.2. The zero-order valence-electron chi connectivity index (χ0n) is 22.4. The number of aliphatic hydroxyl groups is 1. The van der Waals surface area contributed by atoms with Crippen molar-refractivity contribution in [2.75, 3.05) is 12.0 Å². The van der Waals surface area contributed by atoms with E-state index >= 15 is 0 Å². The van der Waals surface area contributed by atoms with Crippen LogP contribution in [0.25, 0.3) is 5.76 Å². The van der Waals surface area contributed by atoms with E-state index in [4.69, 9.17) is 9.47 Å². The Bertz CT molecular complexity index is 1680. The maximum absolute atomic E-state index is 13.4. The average Bonchev–Trinajstić information content (AvgIpc) is 3.48. The summed E-state index contributed by atoms with van der Waals surface area (Å²) in [5.41, 5.74) is 3.38. The Morgan fingerprint density at radius 1 is 1.05 bits per heavy atom. The quantitative estimate of drug-likeness (QED) is 0.107. The van der Waals surface area contributed by atoms with Gasteiger partial charge >= 0.3 is 11.9 Å². The van der Waals surface area contributed by atoms with Gasteiger partial charge in [-0.15, -0.1) is 0 Å². The van der Waals surface area contributed by atoms with Crippen LogP contribution in [0.2, 0.25) is 0 Å². The smallest absolute Gasteiger partial charge is 0.350 e. The average molecular weight is 634 g/mol. The van der Waals surface area contributed by atoms with Crippen molar-refractivity contribution >= 4 is 55.8 Å². The third-order valence-electron chi connectivity index (χ3n) is 6.61. The number of aryl methyl sites for hydroxylation is 2. The first-order valence-corrected chi connectivity index (χ1v) is 14.2. The number of amides is 1. The van der Waals surface area contributed by atoms with Gasteiger partial charge in [-0.2, -0.15) is 0 Å². The number of rotatable bonds is 7. The summed E-state index contributed by atoms with van der Waals surface area (Å²) in [4.78, 5) is 44.9. The molecule has 208 valence electrons. The molecule has 0 bridgehead atoms. The van der Waals surface area contributed by atoms with Gasteiger partial charge in [-0.05, 0) is 61.4 Å². The lowest BCUT2D eigenvalue weighted by molar-refractivity contribution is -0.132. The van der Waals surface area contributed by atoms with Crippen molar-refractivity contribution in [2.24, 2.45) is 0 Å². The summed E-state index contributed by atoms with van der Waals surface area (Å²) < 4.78 is 11.5. The van der Waals surface area contributed by atoms with Gasteiger partial charge in [0.15, 0.2) is 5.13 Å². The molecule has 1 aromatic heterocycles. The van der Waals surface area contributed by atoms with E-state index in [1.165, 1.54) is 12.0 Å². The molecule has 0 radical (unpaired) electrons. The van der Waals surface area contributed by atoms with Gasteiger partial charge in [0.2, 0.25) is 0 Å². The largest absolute Gasteiger partial charge is 0.507 e. The van der Waals surface area contributed by atoms with Crippen LogP contribution in [0.1, 0.15) is 43.7 Å². The van der Waals surface area contributed by atoms with Crippen LogP contribution in [-0.2, 0) is 20.9 Å². The number of benzene rings is 3. The highest BCUT2D eigenvalue weighted by Crippen LogP contribution is 2.44. The van der Waals surface area contributed by atoms with Gasteiger partial charge < -0.3 is 14.6 Å². The molecule has 8 nitrogen and oxygen atoms in total. The Labute approximate surface area is 249 Å². The summed E-state index contributed by atoms with van der Waals surface area (Å²) in [5.74, 6) is -2.05. The number of aromatic nitrogens is 1. The standard InChI is InChI=1S/C31H25BrN2O6S/c1-17-5-4-6-19(15-17)16-40-23-13-9-21(10-14-23)26(35)24-25(20-7-11-22(32)12-8-20)34(29(37)27(24)36)31-33-18(2)28(41-31)30(38)39-3/h4-15,25,35H,16H2,1-3H3/t25-/m1/s1. The van der Waals surface area contributed by atoms with Gasteiger partial charge in [0.1, 0.15) is 23.0 Å². The maximum Gasteiger partial charge on any atom is 0.350 e. The predicted molar refractivity (Wildman–Crippen MR) is 159 cm³/mol. The van der Waals surface area contributed by atoms with Gasteiger partial charge in [-0.3, -0.25) is 14.5 Å². The van der Waals surface area contributed by atoms with Crippen LogP contribution in [0.3, 0.4) is 0 Å². The number of halogens is 1. The van der Waals surface area contributed by atoms with Crippen molar-refractivity contribution in [3.63, 3.8) is 0 Å². The van der Waals surface area contributed by atoms with Crippen molar-refractivity contribution in [3.05, 3.63) is 116 Å². The molecule has 1 aliphatic rings. The van der Waals surface area contributed by atoms with Crippen molar-refractivity contribution < 1.29 is 29.0 Å². The number of carbonyl (C=O) groups excluding carboxylic acids is 3. The van der Waals surface area contributed by atoms with E-state index in [1.807, 2.05) is 31.2 Å². The summed E-state index contributed by atoms with van der Waals surface area (Å²) in [6.45, 7) is 4.02. The highest BCUT2D eigenvalue weighted by atomic mass is 79.9. The number of esters is 1. The molecule has 3 aromatic carbocycles. The number of nitrogens with zero attached hydrogens (tertiary/aromatic N) is 2. The molecule has 0 unspecified atom stereocenters. The zero-order chi connectivity index (χ0) is 29.3. The minimum Gasteiger partial charge on any atom is -0.507 e. The third kappa shape index (κ3) is 5.66. The lowest BCUT2D eigenvalue weighted by Crippen LogP contribution is -2.29. The van der Waals surface area contributed by atoms with Crippen molar-refractivity contribution in [1.29, 1.82) is 0 Å². The van der Waals surface area contributed by atoms with E-state index in [0.29, 0.717) is 29.2 Å². The number of methoxy groups -OCH3 is 1. The molecule has 2 heterocycles. The maximum atomic E-state index is 13.4. The third-order valence-corrected chi connectivity index (χ3v) is 8.27. The Morgan fingerprint density at radius 2 is 1.76 bits per heavy atom. The van der Waals surface area contributed by atoms with E-state index in [-0.39, 0.29) is 21.3 Å². The first kappa shape index (κ1) is 28.3. The summed E-state index contributed by atoms with van der Waals surface area (Å²) in [7, 11) is 1.26. The minimum atomic E-state index is -0.976. The minimum absolute atomic E-state index is 0.0850. The van der Waals surface area contributed by atoms with Crippen LogP contribution < -0.4 is 9.64 Å². The zero-order valence-corrected chi connectivity index (χ0v) is 24.8. The molecular formula is C31H25BrN2O6S. The molecule has 1 saturated heterocycles. The lowest BCUT2D eigenvalue weighted by atomic mass is 9.95. The van der Waals surface area contributed by atoms with Gasteiger partial charge in [-0.25, -0.2) is 9.78 Å². The molecule has 1 N–H and O–H groups in total. The molecule has 10 heteroatoms. The lowest BCUT2D eigenvalue weighted by Gasteiger charge is -2.23. The van der Waals surface area contributed by atoms with E-state index in [2.05, 4.69) is 20.9 Å². The Morgan fingerprint density at radius 3 is 2.41 bits per heavy atom. The van der Waals surface area contributed by atoms with Crippen molar-refractivity contribution in [1.82, 2.24) is 4.98 Å². The first-order valence-electron chi connectivity index (χ1n) is 12.6. The molecule has 1 atom stereocenters. The van der Waals surface area contributed by atoms with E-state index in [0.717, 1.165) is 26.9 Å². The molecule has 0 spiro atoms. The fourth-order valence-corrected chi connectivity index (χ4v) is 5.87. The second-order valence-corrected chi connectivity index (χ2v) is 11.3. The predicted octanol–water partition coefficient (Wildman–Crippen LogP) is 6.51. The molecule has 4 aromatic rings. The van der Waals surface area contributed by atoms with Crippen molar-refractivity contribution in [3.8, 4) is 5.75 Å². The molecule has 1 aliphatic heterocycles. The molecule has 5 rings (SSSR count). The van der Waals surface area contributed by atoms with Gasteiger partial charge in [0.25, 0.3) is 5.78 Å². The fraction of sp³-hybridized carbons (Fsp3) is 0.161. The Kier molecular flexibility index (Phi) is 8.05. The van der Waals surface area contributed by atoms with E-state index in [9.17, 15) is 19.5 Å². The molecule has 41 heavy (non-hydrogen) atoms. The summed E-state index contributed by atoms with van der Waals surface area (Å²) >= 11 is 4.36. The van der Waals surface area contributed by atoms with Crippen molar-refractivity contribution in [2.45, 2.75) is 26.5 Å². The molecular weight excluding hydrogens is 608 g/mol. The number of ether oxygens (including phenoxy) is 2. The number of carbonyl (C=O) groups is 3. The summed E-state index contributed by atoms with van der Waals surface area (Å²) in [6, 6.07) is 20.8. The Hall–Kier alpha value is -4.28. The fourth-order valence-electron chi connectivity index (χ4n) is 4.59. The topological polar surface area (TPSA) is 106 Å². The van der Waals surface area contributed by atoms with E-state index in [1.54, 1.807) is 55.5 Å². The number of Topliss-reactive ketones (excluding diaryl/α,β-unsaturated/α-hetero) is 1. The van der Waals surface area contributed by atoms with Crippen LogP contribution in [0.5, 0.6) is 5.75 Å². The van der Waals surface area contributed by atoms with Gasteiger partial charge in [0, 0.05) is 10.0 Å². The molecule has 0 saturated carbocycles. The van der Waals surface area contributed by atoms with Crippen LogP contribution in [0, 0.1) is 13.8 Å². The highest BCUT2D eigenvalue weighted by molar-refractivity contribution is 9.10. The van der Waals surface area contributed by atoms with Gasteiger partial charge in [-0.1, -0.05) is 69.2 Å². The number of ketones is 1. The number of thiazole rings is 1. The molecule has 0 aliphatic carbocycles. The second-order valence-electron chi connectivity index (χ2n) is 9.43. The second kappa shape index (κ2) is 11.7. The highest BCUT2D eigenvalue weighted by Gasteiger charge is 2.48. The van der Waals surface area contributed by atoms with Gasteiger partial charge in [0.05, 0.1) is 24.4 Å². The molecule has 1 fully saturated rings.